The minimum Gasteiger partial charge on any atom is -0.504 e. The van der Waals surface area contributed by atoms with Crippen LogP contribution < -0.4 is 10.9 Å². The van der Waals surface area contributed by atoms with Crippen LogP contribution in [0.2, 0.25) is 0 Å². The van der Waals surface area contributed by atoms with Gasteiger partial charge in [-0.05, 0) is 108 Å². The Morgan fingerprint density at radius 3 is 2.03 bits per heavy atom. The summed E-state index contributed by atoms with van der Waals surface area (Å²) in [6.45, 7) is 8.08. The SMILES string of the molecule is CC(=O)Nc1cc2c(CCCN3CCCCC3)cc(CCCN3CCCCC3)c(O)c2oc1=O. The standard InChI is InChI=1S/C27H39N3O4/c1-20(31)28-24-19-23-21(10-8-16-29-12-4-2-5-13-29)18-22(25(32)26(23)34-27(24)33)11-9-17-30-14-6-3-7-15-30/h18-19,32H,2-17H2,1H3,(H,28,31). The van der Waals surface area contributed by atoms with Gasteiger partial charge >= 0.3 is 5.63 Å². The van der Waals surface area contributed by atoms with Crippen LogP contribution in [0.25, 0.3) is 11.0 Å². The molecular weight excluding hydrogens is 430 g/mol. The van der Waals surface area contributed by atoms with Crippen LogP contribution in [0.3, 0.4) is 0 Å². The van der Waals surface area contributed by atoms with Gasteiger partial charge in [0, 0.05) is 12.3 Å². The molecule has 0 bridgehead atoms. The number of amides is 1. The number of phenols is 1. The van der Waals surface area contributed by atoms with E-state index in [-0.39, 0.29) is 22.9 Å². The number of hydrogen-bond acceptors (Lipinski definition) is 6. The molecule has 7 heteroatoms. The monoisotopic (exact) mass is 469 g/mol. The van der Waals surface area contributed by atoms with E-state index in [2.05, 4.69) is 21.2 Å². The lowest BCUT2D eigenvalue weighted by Crippen LogP contribution is -2.30. The Morgan fingerprint density at radius 1 is 0.912 bits per heavy atom. The van der Waals surface area contributed by atoms with Crippen molar-refractivity contribution in [3.63, 3.8) is 0 Å². The number of rotatable bonds is 9. The first kappa shape index (κ1) is 24.7. The Bertz CT molecular complexity index is 1040. The minimum absolute atomic E-state index is 0.0555. The average molecular weight is 470 g/mol. The maximum atomic E-state index is 12.5. The smallest absolute Gasteiger partial charge is 0.360 e. The zero-order chi connectivity index (χ0) is 23.9. The van der Waals surface area contributed by atoms with Gasteiger partial charge in [0.1, 0.15) is 5.69 Å². The number of benzene rings is 1. The number of fused-ring (bicyclic) bond motifs is 1. The number of piperidine rings is 2. The van der Waals surface area contributed by atoms with E-state index in [9.17, 15) is 14.7 Å². The van der Waals surface area contributed by atoms with E-state index < -0.39 is 5.63 Å². The van der Waals surface area contributed by atoms with Gasteiger partial charge in [0.2, 0.25) is 5.91 Å². The predicted octanol–water partition coefficient (Wildman–Crippen LogP) is 4.29. The summed E-state index contributed by atoms with van der Waals surface area (Å²) >= 11 is 0. The van der Waals surface area contributed by atoms with E-state index in [0.29, 0.717) is 5.39 Å². The summed E-state index contributed by atoms with van der Waals surface area (Å²) in [5, 5.41) is 14.3. The molecule has 0 radical (unpaired) electrons. The van der Waals surface area contributed by atoms with Gasteiger partial charge in [-0.3, -0.25) is 4.79 Å². The Balaban J connectivity index is 1.55. The van der Waals surface area contributed by atoms with E-state index >= 15 is 0 Å². The van der Waals surface area contributed by atoms with Gasteiger partial charge in [-0.25, -0.2) is 4.79 Å². The second kappa shape index (κ2) is 11.8. The fourth-order valence-electron chi connectivity index (χ4n) is 5.41. The molecule has 2 aromatic rings. The molecule has 0 aliphatic carbocycles. The summed E-state index contributed by atoms with van der Waals surface area (Å²) in [7, 11) is 0. The Kier molecular flexibility index (Phi) is 8.62. The molecule has 34 heavy (non-hydrogen) atoms. The number of carbonyl (C=O) groups excluding carboxylic acids is 1. The number of likely N-dealkylation sites (tertiary alicyclic amines) is 2. The number of nitrogens with zero attached hydrogens (tertiary/aromatic N) is 2. The summed E-state index contributed by atoms with van der Waals surface area (Å²) in [5.74, 6) is -0.267. The summed E-state index contributed by atoms with van der Waals surface area (Å²) in [5.41, 5.74) is 1.63. The maximum absolute atomic E-state index is 12.5. The average Bonchev–Trinajstić information content (AvgIpc) is 2.83. The second-order valence-electron chi connectivity index (χ2n) is 9.93. The van der Waals surface area contributed by atoms with E-state index in [1.807, 2.05) is 0 Å². The van der Waals surface area contributed by atoms with Crippen LogP contribution in [0.1, 0.15) is 69.4 Å². The van der Waals surface area contributed by atoms with Gasteiger partial charge in [-0.1, -0.05) is 18.9 Å². The number of nitrogens with one attached hydrogen (secondary N) is 1. The van der Waals surface area contributed by atoms with Crippen LogP contribution in [0, 0.1) is 0 Å². The van der Waals surface area contributed by atoms with Gasteiger partial charge in [-0.2, -0.15) is 0 Å². The highest BCUT2D eigenvalue weighted by Gasteiger charge is 2.18. The van der Waals surface area contributed by atoms with E-state index in [4.69, 9.17) is 4.42 Å². The number of carbonyl (C=O) groups is 1. The Labute approximate surface area is 202 Å². The van der Waals surface area contributed by atoms with Gasteiger partial charge in [-0.15, -0.1) is 0 Å². The first-order chi connectivity index (χ1) is 16.5. The van der Waals surface area contributed by atoms with Crippen LogP contribution in [0.5, 0.6) is 5.75 Å². The summed E-state index contributed by atoms with van der Waals surface area (Å²) in [6, 6.07) is 3.75. The van der Waals surface area contributed by atoms with Gasteiger partial charge < -0.3 is 24.6 Å². The van der Waals surface area contributed by atoms with Crippen LogP contribution in [-0.4, -0.2) is 60.1 Å². The van der Waals surface area contributed by atoms with E-state index in [1.54, 1.807) is 6.07 Å². The quantitative estimate of drug-likeness (QED) is 0.533. The fraction of sp³-hybridized carbons (Fsp3) is 0.630. The number of phenolic OH excluding ortho intramolecular Hbond substituents is 1. The molecule has 4 rings (SSSR count). The molecule has 2 aliphatic heterocycles. The Hall–Kier alpha value is -2.38. The Morgan fingerprint density at radius 2 is 1.47 bits per heavy atom. The molecule has 1 amide bonds. The number of hydrogen-bond donors (Lipinski definition) is 2. The van der Waals surface area contributed by atoms with Crippen molar-refractivity contribution < 1.29 is 14.3 Å². The lowest BCUT2D eigenvalue weighted by molar-refractivity contribution is -0.114. The third kappa shape index (κ3) is 6.39. The van der Waals surface area contributed by atoms with Crippen LogP contribution >= 0.6 is 0 Å². The molecule has 1 aromatic heterocycles. The zero-order valence-corrected chi connectivity index (χ0v) is 20.5. The highest BCUT2D eigenvalue weighted by molar-refractivity contribution is 5.93. The molecule has 2 saturated heterocycles. The molecule has 0 unspecified atom stereocenters. The van der Waals surface area contributed by atoms with E-state index in [0.717, 1.165) is 63.0 Å². The van der Waals surface area contributed by atoms with Crippen LogP contribution in [0.4, 0.5) is 5.69 Å². The van der Waals surface area contributed by atoms with Crippen molar-refractivity contribution in [1.29, 1.82) is 0 Å². The topological polar surface area (TPSA) is 86.0 Å². The highest BCUT2D eigenvalue weighted by Crippen LogP contribution is 2.34. The number of aryl methyl sites for hydroxylation is 2. The van der Waals surface area contributed by atoms with Crippen LogP contribution in [0.15, 0.2) is 21.3 Å². The lowest BCUT2D eigenvalue weighted by atomic mass is 9.97. The summed E-state index contributed by atoms with van der Waals surface area (Å²) < 4.78 is 5.56. The number of aromatic hydroxyl groups is 1. The molecular formula is C27H39N3O4. The fourth-order valence-corrected chi connectivity index (χ4v) is 5.41. The molecule has 0 saturated carbocycles. The molecule has 2 aliphatic rings. The lowest BCUT2D eigenvalue weighted by Gasteiger charge is -2.26. The molecule has 186 valence electrons. The third-order valence-corrected chi connectivity index (χ3v) is 7.21. The summed E-state index contributed by atoms with van der Waals surface area (Å²) in [6.07, 6.45) is 11.3. The van der Waals surface area contributed by atoms with Crippen molar-refractivity contribution in [2.24, 2.45) is 0 Å². The highest BCUT2D eigenvalue weighted by atomic mass is 16.4. The maximum Gasteiger partial charge on any atom is 0.360 e. The van der Waals surface area contributed by atoms with Gasteiger partial charge in [0.15, 0.2) is 11.3 Å². The summed E-state index contributed by atoms with van der Waals surface area (Å²) in [4.78, 5) is 29.1. The number of anilines is 1. The van der Waals surface area contributed by atoms with Gasteiger partial charge in [0.25, 0.3) is 0 Å². The predicted molar refractivity (Wildman–Crippen MR) is 136 cm³/mol. The van der Waals surface area contributed by atoms with Crippen molar-refractivity contribution in [3.05, 3.63) is 33.7 Å². The van der Waals surface area contributed by atoms with Crippen molar-refractivity contribution in [3.8, 4) is 5.75 Å². The van der Waals surface area contributed by atoms with Crippen molar-refractivity contribution in [2.75, 3.05) is 44.6 Å². The van der Waals surface area contributed by atoms with Crippen LogP contribution in [-0.2, 0) is 17.6 Å². The van der Waals surface area contributed by atoms with E-state index in [1.165, 1.54) is 58.5 Å². The third-order valence-electron chi connectivity index (χ3n) is 7.21. The molecule has 7 nitrogen and oxygen atoms in total. The normalized spacial score (nSPS) is 17.8. The molecule has 0 spiro atoms. The van der Waals surface area contributed by atoms with Crippen molar-refractivity contribution in [2.45, 2.75) is 71.1 Å². The molecule has 2 N–H and O–H groups in total. The molecule has 2 fully saturated rings. The van der Waals surface area contributed by atoms with Gasteiger partial charge in [0.05, 0.1) is 0 Å². The minimum atomic E-state index is -0.636. The zero-order valence-electron chi connectivity index (χ0n) is 20.5. The largest absolute Gasteiger partial charge is 0.504 e. The molecule has 1 aromatic carbocycles. The first-order valence-electron chi connectivity index (χ1n) is 13.0. The first-order valence-corrected chi connectivity index (χ1v) is 13.0. The molecule has 0 atom stereocenters. The van der Waals surface area contributed by atoms with Crippen molar-refractivity contribution >= 4 is 22.6 Å². The van der Waals surface area contributed by atoms with Crippen molar-refractivity contribution in [1.82, 2.24) is 9.80 Å². The molecule has 3 heterocycles. The second-order valence-corrected chi connectivity index (χ2v) is 9.93.